The zero-order chi connectivity index (χ0) is 21.2. The minimum atomic E-state index is -3.89. The van der Waals surface area contributed by atoms with E-state index in [-0.39, 0.29) is 21.2 Å². The van der Waals surface area contributed by atoms with Gasteiger partial charge in [-0.1, -0.05) is 17.7 Å². The molecule has 0 aromatic heterocycles. The number of nitrogens with one attached hydrogen (secondary N) is 2. The molecule has 0 radical (unpaired) electrons. The Morgan fingerprint density at radius 1 is 0.690 bits per heavy atom. The molecule has 0 aliphatic heterocycles. The van der Waals surface area contributed by atoms with Crippen LogP contribution in [0.5, 0.6) is 0 Å². The van der Waals surface area contributed by atoms with Crippen molar-refractivity contribution in [3.8, 4) is 0 Å². The van der Waals surface area contributed by atoms with Crippen LogP contribution in [0.1, 0.15) is 11.1 Å². The summed E-state index contributed by atoms with van der Waals surface area (Å²) in [7, 11) is -7.67. The molecule has 0 bridgehead atoms. The molecular formula is C20H19FN2O4S2. The smallest absolute Gasteiger partial charge is 0.262 e. The van der Waals surface area contributed by atoms with Crippen LogP contribution in [0.2, 0.25) is 0 Å². The van der Waals surface area contributed by atoms with Gasteiger partial charge in [0.1, 0.15) is 5.82 Å². The Kier molecular flexibility index (Phi) is 5.63. The van der Waals surface area contributed by atoms with E-state index < -0.39 is 25.9 Å². The quantitative estimate of drug-likeness (QED) is 0.612. The first-order valence-corrected chi connectivity index (χ1v) is 11.5. The number of sulfonamides is 2. The van der Waals surface area contributed by atoms with Gasteiger partial charge in [-0.25, -0.2) is 21.2 Å². The molecule has 0 heterocycles. The van der Waals surface area contributed by atoms with E-state index in [1.54, 1.807) is 19.1 Å². The van der Waals surface area contributed by atoms with Crippen LogP contribution < -0.4 is 9.44 Å². The van der Waals surface area contributed by atoms with Crippen molar-refractivity contribution in [3.63, 3.8) is 0 Å². The summed E-state index contributed by atoms with van der Waals surface area (Å²) in [6.07, 6.45) is 0. The Bertz CT molecular complexity index is 1240. The van der Waals surface area contributed by atoms with E-state index in [0.29, 0.717) is 5.56 Å². The minimum absolute atomic E-state index is 0.0847. The van der Waals surface area contributed by atoms with Crippen LogP contribution in [-0.4, -0.2) is 16.8 Å². The minimum Gasteiger partial charge on any atom is -0.280 e. The van der Waals surface area contributed by atoms with E-state index in [1.165, 1.54) is 30.3 Å². The second kappa shape index (κ2) is 7.84. The fraction of sp³-hybridized carbons (Fsp3) is 0.100. The van der Waals surface area contributed by atoms with E-state index in [0.717, 1.165) is 29.8 Å². The van der Waals surface area contributed by atoms with Gasteiger partial charge in [0, 0.05) is 11.4 Å². The van der Waals surface area contributed by atoms with Gasteiger partial charge in [0.2, 0.25) is 0 Å². The second-order valence-corrected chi connectivity index (χ2v) is 9.84. The highest BCUT2D eigenvalue weighted by Gasteiger charge is 2.18. The first kappa shape index (κ1) is 20.8. The van der Waals surface area contributed by atoms with Crippen LogP contribution in [-0.2, 0) is 20.0 Å². The molecule has 0 spiro atoms. The lowest BCUT2D eigenvalue weighted by atomic mass is 10.2. The van der Waals surface area contributed by atoms with Crippen LogP contribution in [0.15, 0.2) is 76.5 Å². The molecule has 0 unspecified atom stereocenters. The van der Waals surface area contributed by atoms with Crippen molar-refractivity contribution in [2.75, 3.05) is 9.44 Å². The molecule has 2 N–H and O–H groups in total. The summed E-state index contributed by atoms with van der Waals surface area (Å²) in [5.41, 5.74) is 2.11. The maximum absolute atomic E-state index is 13.0. The normalized spacial score (nSPS) is 11.8. The van der Waals surface area contributed by atoms with Gasteiger partial charge in [0.05, 0.1) is 9.79 Å². The first-order valence-electron chi connectivity index (χ1n) is 8.55. The molecule has 0 fully saturated rings. The summed E-state index contributed by atoms with van der Waals surface area (Å²) in [4.78, 5) is 0.0858. The molecule has 29 heavy (non-hydrogen) atoms. The maximum atomic E-state index is 13.0. The largest absolute Gasteiger partial charge is 0.280 e. The molecule has 0 saturated carbocycles. The average Bonchev–Trinajstić information content (AvgIpc) is 2.63. The molecule has 6 nitrogen and oxygen atoms in total. The van der Waals surface area contributed by atoms with Crippen molar-refractivity contribution < 1.29 is 21.2 Å². The van der Waals surface area contributed by atoms with Gasteiger partial charge in [-0.2, -0.15) is 0 Å². The van der Waals surface area contributed by atoms with Crippen molar-refractivity contribution in [1.29, 1.82) is 0 Å². The Hall–Kier alpha value is -2.91. The molecule has 0 atom stereocenters. The third kappa shape index (κ3) is 4.93. The SMILES string of the molecule is Cc1ccc(S(=O)(=O)Nc2ccc(NS(=O)(=O)c3ccc(F)cc3)cc2)c(C)c1. The molecule has 0 amide bonds. The third-order valence-corrected chi connectivity index (χ3v) is 7.07. The van der Waals surface area contributed by atoms with E-state index in [4.69, 9.17) is 0 Å². The van der Waals surface area contributed by atoms with Crippen molar-refractivity contribution in [3.05, 3.63) is 83.7 Å². The highest BCUT2D eigenvalue weighted by molar-refractivity contribution is 7.93. The zero-order valence-corrected chi connectivity index (χ0v) is 17.3. The number of rotatable bonds is 6. The van der Waals surface area contributed by atoms with Gasteiger partial charge in [-0.05, 0) is 74.0 Å². The first-order chi connectivity index (χ1) is 13.6. The van der Waals surface area contributed by atoms with Crippen molar-refractivity contribution in [2.45, 2.75) is 23.6 Å². The average molecular weight is 435 g/mol. The van der Waals surface area contributed by atoms with Gasteiger partial charge in [-0.15, -0.1) is 0 Å². The Balaban J connectivity index is 1.77. The van der Waals surface area contributed by atoms with Crippen molar-refractivity contribution >= 4 is 31.4 Å². The summed E-state index contributed by atoms with van der Waals surface area (Å²) in [6, 6.07) is 15.2. The van der Waals surface area contributed by atoms with Crippen LogP contribution in [0.25, 0.3) is 0 Å². The lowest BCUT2D eigenvalue weighted by molar-refractivity contribution is 0.598. The molecule has 3 aromatic rings. The number of hydrogen-bond donors (Lipinski definition) is 2. The molecule has 9 heteroatoms. The number of benzene rings is 3. The molecule has 3 aromatic carbocycles. The Labute approximate surface area is 169 Å². The third-order valence-electron chi connectivity index (χ3n) is 4.13. The summed E-state index contributed by atoms with van der Waals surface area (Å²) in [5.74, 6) is -0.538. The highest BCUT2D eigenvalue weighted by atomic mass is 32.2. The van der Waals surface area contributed by atoms with Crippen molar-refractivity contribution in [1.82, 2.24) is 0 Å². The topological polar surface area (TPSA) is 92.3 Å². The lowest BCUT2D eigenvalue weighted by Gasteiger charge is -2.12. The molecule has 152 valence electrons. The van der Waals surface area contributed by atoms with Crippen LogP contribution in [0.4, 0.5) is 15.8 Å². The van der Waals surface area contributed by atoms with E-state index in [9.17, 15) is 21.2 Å². The van der Waals surface area contributed by atoms with E-state index in [1.807, 2.05) is 6.92 Å². The van der Waals surface area contributed by atoms with Gasteiger partial charge in [-0.3, -0.25) is 9.44 Å². The van der Waals surface area contributed by atoms with Gasteiger partial charge < -0.3 is 0 Å². The van der Waals surface area contributed by atoms with Gasteiger partial charge >= 0.3 is 0 Å². The molecule has 3 rings (SSSR count). The fourth-order valence-corrected chi connectivity index (χ4v) is 5.09. The number of anilines is 2. The summed E-state index contributed by atoms with van der Waals surface area (Å²) in [6.45, 7) is 3.59. The maximum Gasteiger partial charge on any atom is 0.262 e. The monoisotopic (exact) mass is 434 g/mol. The molecular weight excluding hydrogens is 415 g/mol. The number of aryl methyl sites for hydroxylation is 2. The molecule has 0 aliphatic rings. The second-order valence-electron chi connectivity index (χ2n) is 6.51. The predicted octanol–water partition coefficient (Wildman–Crippen LogP) is 4.04. The lowest BCUT2D eigenvalue weighted by Crippen LogP contribution is -2.15. The number of halogens is 1. The molecule has 0 saturated heterocycles. The Morgan fingerprint density at radius 3 is 1.72 bits per heavy atom. The standard InChI is InChI=1S/C20H19FN2O4S2/c1-14-3-12-20(15(2)13-14)29(26,27)23-18-8-6-17(7-9-18)22-28(24,25)19-10-4-16(21)5-11-19/h3-13,22-23H,1-2H3. The number of hydrogen-bond acceptors (Lipinski definition) is 4. The highest BCUT2D eigenvalue weighted by Crippen LogP contribution is 2.23. The van der Waals surface area contributed by atoms with Gasteiger partial charge in [0.15, 0.2) is 0 Å². The van der Waals surface area contributed by atoms with Crippen LogP contribution in [0, 0.1) is 19.7 Å². The zero-order valence-electron chi connectivity index (χ0n) is 15.7. The summed E-state index contributed by atoms with van der Waals surface area (Å²) in [5, 5.41) is 0. The fourth-order valence-electron chi connectivity index (χ4n) is 2.75. The van der Waals surface area contributed by atoms with E-state index >= 15 is 0 Å². The Morgan fingerprint density at radius 2 is 1.21 bits per heavy atom. The summed E-state index contributed by atoms with van der Waals surface area (Å²) < 4.78 is 67.7. The molecule has 0 aliphatic carbocycles. The van der Waals surface area contributed by atoms with E-state index in [2.05, 4.69) is 9.44 Å². The van der Waals surface area contributed by atoms with Crippen LogP contribution >= 0.6 is 0 Å². The summed E-state index contributed by atoms with van der Waals surface area (Å²) >= 11 is 0. The van der Waals surface area contributed by atoms with Crippen molar-refractivity contribution in [2.24, 2.45) is 0 Å². The predicted molar refractivity (Wildman–Crippen MR) is 110 cm³/mol. The van der Waals surface area contributed by atoms with Crippen LogP contribution in [0.3, 0.4) is 0 Å². The van der Waals surface area contributed by atoms with Gasteiger partial charge in [0.25, 0.3) is 20.0 Å².